The van der Waals surface area contributed by atoms with Crippen molar-refractivity contribution in [3.05, 3.63) is 63.5 Å². The number of carbonyl (C=O) groups excluding carboxylic acids is 1. The van der Waals surface area contributed by atoms with Crippen LogP contribution in [0.25, 0.3) is 11.3 Å². The smallest absolute Gasteiger partial charge is 0.293 e. The van der Waals surface area contributed by atoms with Gasteiger partial charge in [-0.2, -0.15) is 0 Å². The molecule has 0 aliphatic carbocycles. The first-order valence-electron chi connectivity index (χ1n) is 8.84. The molecule has 0 fully saturated rings. The van der Waals surface area contributed by atoms with E-state index in [9.17, 15) is 23.3 Å². The molecule has 0 atom stereocenters. The highest BCUT2D eigenvalue weighted by Crippen LogP contribution is 2.29. The van der Waals surface area contributed by atoms with Gasteiger partial charge in [-0.25, -0.2) is 13.4 Å². The zero-order valence-electron chi connectivity index (χ0n) is 16.8. The van der Waals surface area contributed by atoms with Gasteiger partial charge in [-0.3, -0.25) is 24.9 Å². The average molecular weight is 462 g/mol. The van der Waals surface area contributed by atoms with E-state index in [4.69, 9.17) is 0 Å². The molecule has 0 bridgehead atoms. The van der Waals surface area contributed by atoms with Crippen LogP contribution in [0.2, 0.25) is 0 Å². The molecule has 1 amide bonds. The Kier molecular flexibility index (Phi) is 6.22. The van der Waals surface area contributed by atoms with Crippen molar-refractivity contribution in [1.82, 2.24) is 4.98 Å². The van der Waals surface area contributed by atoms with Crippen LogP contribution in [-0.4, -0.2) is 44.6 Å². The van der Waals surface area contributed by atoms with E-state index in [1.807, 2.05) is 0 Å². The number of sulfonamides is 1. The summed E-state index contributed by atoms with van der Waals surface area (Å²) < 4.78 is 25.0. The van der Waals surface area contributed by atoms with Gasteiger partial charge >= 0.3 is 0 Å². The van der Waals surface area contributed by atoms with Gasteiger partial charge in [-0.15, -0.1) is 11.3 Å². The Bertz CT molecular complexity index is 1240. The van der Waals surface area contributed by atoms with Gasteiger partial charge in [0.15, 0.2) is 5.13 Å². The average Bonchev–Trinajstić information content (AvgIpc) is 3.15. The predicted molar refractivity (Wildman–Crippen MR) is 121 cm³/mol. The van der Waals surface area contributed by atoms with Gasteiger partial charge in [-0.1, -0.05) is 12.1 Å². The van der Waals surface area contributed by atoms with Crippen LogP contribution >= 0.6 is 11.3 Å². The number of nitrogens with one attached hydrogen (secondary N) is 2. The van der Waals surface area contributed by atoms with Crippen molar-refractivity contribution < 1.29 is 18.1 Å². The van der Waals surface area contributed by atoms with Crippen molar-refractivity contribution >= 4 is 49.5 Å². The molecule has 0 saturated carbocycles. The standard InChI is InChI=1S/C19H19N5O5S2/c1-23(2)16-9-6-13(10-17(16)24(26)27)18(25)21-19-20-15(11-30-19)12-4-7-14(8-5-12)22-31(3,28)29/h4-11,22H,1-3H3,(H,20,21,25). The van der Waals surface area contributed by atoms with E-state index in [2.05, 4.69) is 15.0 Å². The number of nitro benzene ring substituents is 1. The number of aromatic nitrogens is 1. The maximum absolute atomic E-state index is 12.5. The highest BCUT2D eigenvalue weighted by molar-refractivity contribution is 7.92. The molecule has 2 aromatic carbocycles. The Morgan fingerprint density at radius 1 is 1.16 bits per heavy atom. The van der Waals surface area contributed by atoms with Gasteiger partial charge in [0.1, 0.15) is 5.69 Å². The number of benzene rings is 2. The van der Waals surface area contributed by atoms with Gasteiger partial charge in [0, 0.05) is 42.4 Å². The molecule has 162 valence electrons. The number of nitrogens with zero attached hydrogens (tertiary/aromatic N) is 3. The lowest BCUT2D eigenvalue weighted by molar-refractivity contribution is -0.384. The fourth-order valence-corrected chi connectivity index (χ4v) is 4.02. The maximum atomic E-state index is 12.5. The minimum Gasteiger partial charge on any atom is -0.372 e. The number of carbonyl (C=O) groups is 1. The summed E-state index contributed by atoms with van der Waals surface area (Å²) in [5.74, 6) is -0.512. The zero-order chi connectivity index (χ0) is 22.8. The molecule has 1 heterocycles. The summed E-state index contributed by atoms with van der Waals surface area (Å²) in [6.45, 7) is 0. The van der Waals surface area contributed by atoms with E-state index in [1.165, 1.54) is 29.5 Å². The molecule has 12 heteroatoms. The number of amides is 1. The monoisotopic (exact) mass is 461 g/mol. The van der Waals surface area contributed by atoms with Crippen LogP contribution in [0.4, 0.5) is 22.2 Å². The van der Waals surface area contributed by atoms with E-state index < -0.39 is 20.9 Å². The summed E-state index contributed by atoms with van der Waals surface area (Å²) in [5.41, 5.74) is 2.14. The fourth-order valence-electron chi connectivity index (χ4n) is 2.75. The van der Waals surface area contributed by atoms with E-state index in [0.29, 0.717) is 22.2 Å². The summed E-state index contributed by atoms with van der Waals surface area (Å²) in [4.78, 5) is 29.3. The molecule has 0 aliphatic heterocycles. The van der Waals surface area contributed by atoms with Gasteiger partial charge < -0.3 is 4.90 Å². The number of anilines is 3. The number of thiazole rings is 1. The Labute approximate surface area is 182 Å². The molecule has 31 heavy (non-hydrogen) atoms. The van der Waals surface area contributed by atoms with Crippen molar-refractivity contribution in [3.63, 3.8) is 0 Å². The van der Waals surface area contributed by atoms with Gasteiger partial charge in [0.05, 0.1) is 16.9 Å². The first-order chi connectivity index (χ1) is 14.5. The molecule has 0 saturated heterocycles. The predicted octanol–water partition coefficient (Wildman–Crippen LogP) is 3.41. The van der Waals surface area contributed by atoms with Crippen LogP contribution < -0.4 is 14.9 Å². The molecule has 2 N–H and O–H groups in total. The first-order valence-corrected chi connectivity index (χ1v) is 11.6. The Balaban J connectivity index is 1.76. The second kappa shape index (κ2) is 8.70. The third-order valence-corrected chi connectivity index (χ3v) is 5.49. The zero-order valence-corrected chi connectivity index (χ0v) is 18.5. The van der Waals surface area contributed by atoms with Crippen LogP contribution in [0, 0.1) is 10.1 Å². The van der Waals surface area contributed by atoms with E-state index in [-0.39, 0.29) is 11.3 Å². The summed E-state index contributed by atoms with van der Waals surface area (Å²) >= 11 is 1.20. The second-order valence-electron chi connectivity index (χ2n) is 6.80. The highest BCUT2D eigenvalue weighted by atomic mass is 32.2. The van der Waals surface area contributed by atoms with E-state index >= 15 is 0 Å². The van der Waals surface area contributed by atoms with Crippen molar-refractivity contribution in [3.8, 4) is 11.3 Å². The molecule has 3 aromatic rings. The molecule has 1 aromatic heterocycles. The molecular weight excluding hydrogens is 442 g/mol. The normalized spacial score (nSPS) is 11.1. The largest absolute Gasteiger partial charge is 0.372 e. The molecular formula is C19H19N5O5S2. The van der Waals surface area contributed by atoms with E-state index in [0.717, 1.165) is 11.8 Å². The molecule has 0 unspecified atom stereocenters. The quantitative estimate of drug-likeness (QED) is 0.407. The lowest BCUT2D eigenvalue weighted by Gasteiger charge is -2.13. The molecule has 0 spiro atoms. The number of hydrogen-bond acceptors (Lipinski definition) is 8. The first kappa shape index (κ1) is 22.2. The number of nitro groups is 1. The van der Waals surface area contributed by atoms with Crippen molar-refractivity contribution in [2.24, 2.45) is 0 Å². The van der Waals surface area contributed by atoms with E-state index in [1.54, 1.807) is 48.6 Å². The molecule has 10 nitrogen and oxygen atoms in total. The summed E-state index contributed by atoms with van der Waals surface area (Å²) in [5, 5.41) is 16.0. The topological polar surface area (TPSA) is 135 Å². The van der Waals surface area contributed by atoms with Crippen LogP contribution in [0.15, 0.2) is 47.8 Å². The van der Waals surface area contributed by atoms with Crippen molar-refractivity contribution in [1.29, 1.82) is 0 Å². The second-order valence-corrected chi connectivity index (χ2v) is 9.41. The lowest BCUT2D eigenvalue weighted by Crippen LogP contribution is -2.14. The minimum atomic E-state index is -3.36. The van der Waals surface area contributed by atoms with Crippen LogP contribution in [0.1, 0.15) is 10.4 Å². The van der Waals surface area contributed by atoms with Gasteiger partial charge in [0.25, 0.3) is 11.6 Å². The van der Waals surface area contributed by atoms with Gasteiger partial charge in [-0.05, 0) is 24.3 Å². The minimum absolute atomic E-state index is 0.144. The van der Waals surface area contributed by atoms with Crippen LogP contribution in [-0.2, 0) is 10.0 Å². The molecule has 0 aliphatic rings. The number of rotatable bonds is 7. The Morgan fingerprint density at radius 2 is 1.84 bits per heavy atom. The number of hydrogen-bond donors (Lipinski definition) is 2. The summed E-state index contributed by atoms with van der Waals surface area (Å²) in [7, 11) is 0.00462. The van der Waals surface area contributed by atoms with Crippen molar-refractivity contribution in [2.75, 3.05) is 35.3 Å². The van der Waals surface area contributed by atoms with Gasteiger partial charge in [0.2, 0.25) is 10.0 Å². The fraction of sp³-hybridized carbons (Fsp3) is 0.158. The third kappa shape index (κ3) is 5.55. The third-order valence-electron chi connectivity index (χ3n) is 4.12. The molecule has 0 radical (unpaired) electrons. The maximum Gasteiger partial charge on any atom is 0.293 e. The van der Waals surface area contributed by atoms with Crippen LogP contribution in [0.3, 0.4) is 0 Å². The summed E-state index contributed by atoms with van der Waals surface area (Å²) in [6, 6.07) is 10.9. The van der Waals surface area contributed by atoms with Crippen LogP contribution in [0.5, 0.6) is 0 Å². The van der Waals surface area contributed by atoms with Crippen molar-refractivity contribution in [2.45, 2.75) is 0 Å². The Morgan fingerprint density at radius 3 is 2.42 bits per heavy atom. The Hall–Kier alpha value is -3.51. The molecule has 3 rings (SSSR count). The summed E-state index contributed by atoms with van der Waals surface area (Å²) in [6.07, 6.45) is 1.07. The highest BCUT2D eigenvalue weighted by Gasteiger charge is 2.19. The SMILES string of the molecule is CN(C)c1ccc(C(=O)Nc2nc(-c3ccc(NS(C)(=O)=O)cc3)cs2)cc1[N+](=O)[O-]. The lowest BCUT2D eigenvalue weighted by atomic mass is 10.1.